The Morgan fingerprint density at radius 2 is 1.62 bits per heavy atom. The molecule has 0 spiro atoms. The van der Waals surface area contributed by atoms with Gasteiger partial charge in [-0.1, -0.05) is 56.3 Å². The Balaban J connectivity index is 0.000000551. The molecule has 60 heavy (non-hydrogen) atoms. The predicted octanol–water partition coefficient (Wildman–Crippen LogP) is 8.06. The quantitative estimate of drug-likeness (QED) is 0.0926. The molecule has 0 unspecified atom stereocenters. The average molecular weight is 812 g/mol. The summed E-state index contributed by atoms with van der Waals surface area (Å²) in [6.45, 7) is 11.0. The molecule has 13 heteroatoms. The molecule has 1 saturated heterocycles. The highest BCUT2D eigenvalue weighted by Crippen LogP contribution is 2.35. The molecule has 8 rings (SSSR count). The van der Waals surface area contributed by atoms with Crippen molar-refractivity contribution in [3.05, 3.63) is 141 Å². The fourth-order valence-electron chi connectivity index (χ4n) is 7.24. The van der Waals surface area contributed by atoms with E-state index in [0.29, 0.717) is 52.6 Å². The van der Waals surface area contributed by atoms with Crippen molar-refractivity contribution in [3.63, 3.8) is 0 Å². The molecule has 2 aliphatic heterocycles. The number of nitro benzene ring substituents is 1. The Morgan fingerprint density at radius 3 is 2.30 bits per heavy atom. The van der Waals surface area contributed by atoms with Crippen molar-refractivity contribution in [2.75, 3.05) is 51.9 Å². The minimum atomic E-state index is -0.475. The second-order valence-corrected chi connectivity index (χ2v) is 14.1. The lowest BCUT2D eigenvalue weighted by molar-refractivity contribution is -0.384. The van der Waals surface area contributed by atoms with E-state index in [4.69, 9.17) is 9.47 Å². The van der Waals surface area contributed by atoms with Crippen molar-refractivity contribution in [2.45, 2.75) is 40.3 Å². The van der Waals surface area contributed by atoms with E-state index in [1.165, 1.54) is 23.8 Å². The smallest absolute Gasteiger partial charge is 0.270 e. The number of fused-ring (bicyclic) bond motifs is 2. The van der Waals surface area contributed by atoms with Gasteiger partial charge in [0.1, 0.15) is 5.75 Å². The first-order chi connectivity index (χ1) is 29.1. The number of aromatic amines is 1. The van der Waals surface area contributed by atoms with Crippen molar-refractivity contribution in [1.82, 2.24) is 24.6 Å². The molecule has 4 aromatic carbocycles. The number of hydrogen-bond donors (Lipinski definition) is 1. The van der Waals surface area contributed by atoms with E-state index in [1.807, 2.05) is 86.0 Å². The fourth-order valence-corrected chi connectivity index (χ4v) is 7.24. The summed E-state index contributed by atoms with van der Waals surface area (Å²) in [5.74, 6) is 0.139. The van der Waals surface area contributed by atoms with Crippen LogP contribution in [-0.2, 0) is 31.3 Å². The van der Waals surface area contributed by atoms with Crippen LogP contribution < -0.4 is 9.64 Å². The van der Waals surface area contributed by atoms with Crippen LogP contribution in [0.1, 0.15) is 56.9 Å². The van der Waals surface area contributed by atoms with E-state index < -0.39 is 4.92 Å². The third-order valence-electron chi connectivity index (χ3n) is 10.6. The lowest BCUT2D eigenvalue weighted by Gasteiger charge is -2.29. The maximum atomic E-state index is 14.7. The highest BCUT2D eigenvalue weighted by Gasteiger charge is 2.29. The maximum Gasteiger partial charge on any atom is 0.270 e. The zero-order valence-corrected chi connectivity index (χ0v) is 35.2. The van der Waals surface area contributed by atoms with Crippen LogP contribution in [0.3, 0.4) is 0 Å². The summed E-state index contributed by atoms with van der Waals surface area (Å²) >= 11 is 0. The van der Waals surface area contributed by atoms with E-state index >= 15 is 0 Å². The number of ether oxygens (including phenoxy) is 2. The molecule has 0 atom stereocenters. The lowest BCUT2D eigenvalue weighted by atomic mass is 9.97. The largest absolute Gasteiger partial charge is 0.496 e. The molecule has 0 radical (unpaired) electrons. The van der Waals surface area contributed by atoms with Gasteiger partial charge >= 0.3 is 0 Å². The number of carbonyl (C=O) groups is 2. The van der Waals surface area contributed by atoms with Gasteiger partial charge < -0.3 is 28.7 Å². The van der Waals surface area contributed by atoms with Crippen molar-refractivity contribution < 1.29 is 24.0 Å². The molecule has 4 heterocycles. The molecule has 2 aliphatic rings. The van der Waals surface area contributed by atoms with E-state index in [0.717, 1.165) is 54.8 Å². The Bertz CT molecular complexity index is 2450. The number of para-hydroxylation sites is 1. The first-order valence-electron chi connectivity index (χ1n) is 19.9. The lowest BCUT2D eigenvalue weighted by Crippen LogP contribution is -2.36. The predicted molar refractivity (Wildman–Crippen MR) is 236 cm³/mol. The summed E-state index contributed by atoms with van der Waals surface area (Å²) in [4.78, 5) is 46.0. The SMILES string of the molecule is C#C.CC.CN1CCOCC1.COc1ccccc1CN(C(=O)c1cc(-c2cc([N+](=O)[O-])ccc2C(=O)N2CCc3ccccc3C2)n(C)c1C)c1ccc2cn[nH]c2c1. The number of terminal acetylenes is 1. The number of methoxy groups -OCH3 is 1. The van der Waals surface area contributed by atoms with Gasteiger partial charge in [0.15, 0.2) is 0 Å². The minimum Gasteiger partial charge on any atom is -0.496 e. The number of hydrogen-bond acceptors (Lipinski definition) is 8. The number of anilines is 1. The van der Waals surface area contributed by atoms with Crippen molar-refractivity contribution in [1.29, 1.82) is 0 Å². The number of rotatable bonds is 8. The number of amides is 2. The zero-order valence-electron chi connectivity index (χ0n) is 35.2. The summed E-state index contributed by atoms with van der Waals surface area (Å²) in [7, 11) is 5.51. The fraction of sp³-hybridized carbons (Fsp3) is 0.298. The van der Waals surface area contributed by atoms with Gasteiger partial charge in [-0.15, -0.1) is 12.8 Å². The topological polar surface area (TPSA) is 139 Å². The monoisotopic (exact) mass is 811 g/mol. The normalized spacial score (nSPS) is 13.3. The third-order valence-corrected chi connectivity index (χ3v) is 10.6. The summed E-state index contributed by atoms with van der Waals surface area (Å²) in [6.07, 6.45) is 10.4. The molecule has 1 N–H and O–H groups in total. The molecule has 0 bridgehead atoms. The summed E-state index contributed by atoms with van der Waals surface area (Å²) in [5, 5.41) is 20.0. The van der Waals surface area contributed by atoms with E-state index in [-0.39, 0.29) is 24.0 Å². The summed E-state index contributed by atoms with van der Waals surface area (Å²) in [5.41, 5.74) is 6.66. The Morgan fingerprint density at radius 1 is 0.917 bits per heavy atom. The van der Waals surface area contributed by atoms with Crippen molar-refractivity contribution in [2.24, 2.45) is 7.05 Å². The molecule has 0 aliphatic carbocycles. The van der Waals surface area contributed by atoms with Crippen LogP contribution in [0.4, 0.5) is 11.4 Å². The Hall–Kier alpha value is -6.75. The van der Waals surface area contributed by atoms with Crippen molar-refractivity contribution in [3.8, 4) is 29.9 Å². The number of carbonyl (C=O) groups excluding carboxylic acids is 2. The summed E-state index contributed by atoms with van der Waals surface area (Å²) < 4.78 is 12.5. The van der Waals surface area contributed by atoms with Gasteiger partial charge in [0.2, 0.25) is 0 Å². The van der Waals surface area contributed by atoms with Gasteiger partial charge in [-0.25, -0.2) is 0 Å². The first-order valence-corrected chi connectivity index (χ1v) is 19.9. The number of likely N-dealkylation sites (N-methyl/N-ethyl adjacent to an activating group) is 1. The van der Waals surface area contributed by atoms with Crippen LogP contribution in [0, 0.1) is 29.9 Å². The number of benzene rings is 4. The van der Waals surface area contributed by atoms with Gasteiger partial charge in [0.25, 0.3) is 17.5 Å². The molecule has 2 amide bonds. The Labute approximate surface area is 351 Å². The van der Waals surface area contributed by atoms with Gasteiger partial charge in [-0.2, -0.15) is 5.10 Å². The number of nitro groups is 1. The molecular weight excluding hydrogens is 759 g/mol. The highest BCUT2D eigenvalue weighted by atomic mass is 16.6. The van der Waals surface area contributed by atoms with Crippen LogP contribution in [0.5, 0.6) is 5.75 Å². The number of aromatic nitrogens is 3. The third kappa shape index (κ3) is 9.91. The van der Waals surface area contributed by atoms with E-state index in [9.17, 15) is 19.7 Å². The molecule has 1 fully saturated rings. The standard InChI is InChI=1S/C38H34N6O5.C5H11NO.C2H6.C2H2/c1-24-32(38(46)43(23-28-10-6-7-11-36(28)49-3)29-13-12-26-21-39-40-34(26)19-29)20-35(41(24)2)33-18-30(44(47)48)14-15-31(33)37(45)42-17-16-25-8-4-5-9-27(25)22-42;1-6-2-4-7-5-3-6;2*1-2/h4-15,18-21H,16-17,22-23H2,1-3H3,(H,39,40);2-5H2,1H3;1-2H3;1-2H. The Kier molecular flexibility index (Phi) is 15.4. The van der Waals surface area contributed by atoms with Crippen LogP contribution in [0.25, 0.3) is 22.2 Å². The maximum absolute atomic E-state index is 14.7. The second-order valence-electron chi connectivity index (χ2n) is 14.1. The molecule has 6 aromatic rings. The number of nitrogens with zero attached hydrogens (tertiary/aromatic N) is 6. The first kappa shape index (κ1) is 44.4. The van der Waals surface area contributed by atoms with Gasteiger partial charge in [0, 0.05) is 84.5 Å². The van der Waals surface area contributed by atoms with Crippen LogP contribution in [-0.4, -0.2) is 88.3 Å². The average Bonchev–Trinajstić information content (AvgIpc) is 3.89. The molecule has 13 nitrogen and oxygen atoms in total. The number of nitrogens with one attached hydrogen (secondary N) is 1. The van der Waals surface area contributed by atoms with E-state index in [2.05, 4.69) is 41.1 Å². The molecule has 2 aromatic heterocycles. The number of morpholine rings is 1. The molecule has 312 valence electrons. The minimum absolute atomic E-state index is 0.145. The zero-order chi connectivity index (χ0) is 43.3. The van der Waals surface area contributed by atoms with Gasteiger partial charge in [-0.05, 0) is 67.9 Å². The van der Waals surface area contributed by atoms with Crippen LogP contribution >= 0.6 is 0 Å². The van der Waals surface area contributed by atoms with Gasteiger partial charge in [-0.3, -0.25) is 24.8 Å². The summed E-state index contributed by atoms with van der Waals surface area (Å²) in [6, 6.07) is 27.3. The second kappa shape index (κ2) is 20.8. The van der Waals surface area contributed by atoms with Crippen molar-refractivity contribution >= 4 is 34.1 Å². The number of non-ortho nitro benzene ring substituents is 1. The van der Waals surface area contributed by atoms with Crippen LogP contribution in [0.2, 0.25) is 0 Å². The van der Waals surface area contributed by atoms with Crippen LogP contribution in [0.15, 0.2) is 97.2 Å². The highest BCUT2D eigenvalue weighted by molar-refractivity contribution is 6.09. The molecular formula is C47H53N7O6. The van der Waals surface area contributed by atoms with E-state index in [1.54, 1.807) is 36.2 Å². The van der Waals surface area contributed by atoms with Gasteiger partial charge in [0.05, 0.1) is 49.1 Å². The molecule has 0 saturated carbocycles. The number of H-pyrrole nitrogens is 1.